The second-order valence-electron chi connectivity index (χ2n) is 7.54. The van der Waals surface area contributed by atoms with Gasteiger partial charge in [0.15, 0.2) is 0 Å². The topological polar surface area (TPSA) is 15.3 Å². The van der Waals surface area contributed by atoms with Gasteiger partial charge < -0.3 is 5.32 Å². The molecule has 2 heteroatoms. The minimum Gasteiger partial charge on any atom is -0.315 e. The van der Waals surface area contributed by atoms with Gasteiger partial charge in [-0.15, -0.1) is 0 Å². The Morgan fingerprint density at radius 1 is 0.944 bits per heavy atom. The number of hydrogen-bond donors (Lipinski definition) is 1. The van der Waals surface area contributed by atoms with Crippen LogP contribution in [0.25, 0.3) is 0 Å². The summed E-state index contributed by atoms with van der Waals surface area (Å²) in [4.78, 5) is 2.69. The van der Waals surface area contributed by atoms with Crippen molar-refractivity contribution >= 4 is 0 Å². The standard InChI is InChI=1S/C16H32N2/c1-16(2,3)13-6-5-7-14(9-8-13)18(4)15-10-11-17-12-15/h13-15,17H,5-12H2,1-4H3. The molecule has 1 aliphatic heterocycles. The Morgan fingerprint density at radius 2 is 1.72 bits per heavy atom. The highest BCUT2D eigenvalue weighted by molar-refractivity contribution is 4.86. The Labute approximate surface area is 114 Å². The zero-order valence-electron chi connectivity index (χ0n) is 12.8. The molecule has 1 heterocycles. The van der Waals surface area contributed by atoms with Crippen molar-refractivity contribution in [2.75, 3.05) is 20.1 Å². The number of rotatable bonds is 2. The molecule has 0 bridgehead atoms. The molecule has 2 nitrogen and oxygen atoms in total. The van der Waals surface area contributed by atoms with Gasteiger partial charge >= 0.3 is 0 Å². The molecule has 0 radical (unpaired) electrons. The first kappa shape index (κ1) is 14.3. The average molecular weight is 252 g/mol. The molecule has 0 aromatic carbocycles. The van der Waals surface area contributed by atoms with Crippen molar-refractivity contribution < 1.29 is 0 Å². The molecule has 2 fully saturated rings. The zero-order chi connectivity index (χ0) is 13.2. The summed E-state index contributed by atoms with van der Waals surface area (Å²) in [6.07, 6.45) is 8.47. The van der Waals surface area contributed by atoms with E-state index in [0.29, 0.717) is 5.41 Å². The molecule has 106 valence electrons. The van der Waals surface area contributed by atoms with Gasteiger partial charge in [0.1, 0.15) is 0 Å². The number of nitrogens with zero attached hydrogens (tertiary/aromatic N) is 1. The maximum Gasteiger partial charge on any atom is 0.0232 e. The summed E-state index contributed by atoms with van der Waals surface area (Å²) >= 11 is 0. The highest BCUT2D eigenvalue weighted by Crippen LogP contribution is 2.38. The molecule has 1 N–H and O–H groups in total. The Hall–Kier alpha value is -0.0800. The maximum absolute atomic E-state index is 3.50. The van der Waals surface area contributed by atoms with E-state index < -0.39 is 0 Å². The second-order valence-corrected chi connectivity index (χ2v) is 7.54. The van der Waals surface area contributed by atoms with E-state index in [1.54, 1.807) is 0 Å². The first-order valence-corrected chi connectivity index (χ1v) is 7.91. The Morgan fingerprint density at radius 3 is 2.33 bits per heavy atom. The summed E-state index contributed by atoms with van der Waals surface area (Å²) in [6.45, 7) is 9.68. The van der Waals surface area contributed by atoms with Gasteiger partial charge in [-0.1, -0.05) is 27.2 Å². The van der Waals surface area contributed by atoms with Crippen LogP contribution in [0.3, 0.4) is 0 Å². The van der Waals surface area contributed by atoms with E-state index in [0.717, 1.165) is 18.0 Å². The number of likely N-dealkylation sites (N-methyl/N-ethyl adjacent to an activating group) is 1. The summed E-state index contributed by atoms with van der Waals surface area (Å²) in [7, 11) is 2.36. The maximum atomic E-state index is 3.50. The van der Waals surface area contributed by atoms with Crippen molar-refractivity contribution in [3.63, 3.8) is 0 Å². The molecule has 2 rings (SSSR count). The lowest BCUT2D eigenvalue weighted by Crippen LogP contribution is -2.41. The molecular formula is C16H32N2. The van der Waals surface area contributed by atoms with Crippen LogP contribution in [-0.4, -0.2) is 37.1 Å². The van der Waals surface area contributed by atoms with Crippen molar-refractivity contribution in [3.8, 4) is 0 Å². The van der Waals surface area contributed by atoms with Crippen molar-refractivity contribution in [2.24, 2.45) is 11.3 Å². The summed E-state index contributed by atoms with van der Waals surface area (Å²) in [6, 6.07) is 1.63. The first-order valence-electron chi connectivity index (χ1n) is 7.91. The highest BCUT2D eigenvalue weighted by Gasteiger charge is 2.31. The van der Waals surface area contributed by atoms with Gasteiger partial charge in [-0.05, 0) is 57.0 Å². The molecule has 0 aromatic heterocycles. The van der Waals surface area contributed by atoms with E-state index in [1.807, 2.05) is 0 Å². The molecular weight excluding hydrogens is 220 g/mol. The summed E-state index contributed by atoms with van der Waals surface area (Å²) in [5.74, 6) is 0.928. The minimum atomic E-state index is 0.502. The van der Waals surface area contributed by atoms with Gasteiger partial charge in [-0.3, -0.25) is 4.90 Å². The van der Waals surface area contributed by atoms with Crippen molar-refractivity contribution in [3.05, 3.63) is 0 Å². The van der Waals surface area contributed by atoms with Gasteiger partial charge in [0.2, 0.25) is 0 Å². The van der Waals surface area contributed by atoms with Crippen molar-refractivity contribution in [1.29, 1.82) is 0 Å². The third-order valence-corrected chi connectivity index (χ3v) is 5.35. The van der Waals surface area contributed by atoms with E-state index >= 15 is 0 Å². The van der Waals surface area contributed by atoms with E-state index in [2.05, 4.69) is 38.0 Å². The molecule has 0 spiro atoms. The monoisotopic (exact) mass is 252 g/mol. The lowest BCUT2D eigenvalue weighted by molar-refractivity contribution is 0.159. The predicted octanol–water partition coefficient (Wildman–Crippen LogP) is 3.28. The van der Waals surface area contributed by atoms with E-state index in [4.69, 9.17) is 0 Å². The first-order chi connectivity index (χ1) is 8.48. The SMILES string of the molecule is CN(C1CCCC(C(C)(C)C)CC1)C1CCNC1. The number of hydrogen-bond acceptors (Lipinski definition) is 2. The lowest BCUT2D eigenvalue weighted by Gasteiger charge is -2.33. The lowest BCUT2D eigenvalue weighted by atomic mass is 9.76. The highest BCUT2D eigenvalue weighted by atomic mass is 15.2. The molecule has 2 aliphatic rings. The third-order valence-electron chi connectivity index (χ3n) is 5.35. The largest absolute Gasteiger partial charge is 0.315 e. The van der Waals surface area contributed by atoms with Crippen LogP contribution in [0.15, 0.2) is 0 Å². The molecule has 1 aliphatic carbocycles. The minimum absolute atomic E-state index is 0.502. The van der Waals surface area contributed by atoms with Crippen molar-refractivity contribution in [2.45, 2.75) is 71.4 Å². The van der Waals surface area contributed by atoms with Gasteiger partial charge in [0, 0.05) is 18.6 Å². The predicted molar refractivity (Wildman–Crippen MR) is 78.9 cm³/mol. The quantitative estimate of drug-likeness (QED) is 0.759. The Balaban J connectivity index is 1.88. The van der Waals surface area contributed by atoms with Crippen LogP contribution >= 0.6 is 0 Å². The smallest absolute Gasteiger partial charge is 0.0232 e. The van der Waals surface area contributed by atoms with E-state index in [-0.39, 0.29) is 0 Å². The van der Waals surface area contributed by atoms with Crippen LogP contribution in [0.1, 0.15) is 59.3 Å². The summed E-state index contributed by atoms with van der Waals surface area (Å²) in [5.41, 5.74) is 0.502. The fraction of sp³-hybridized carbons (Fsp3) is 1.00. The van der Waals surface area contributed by atoms with Gasteiger partial charge in [-0.25, -0.2) is 0 Å². The van der Waals surface area contributed by atoms with E-state index in [1.165, 1.54) is 51.6 Å². The Kier molecular flexibility index (Phi) is 4.71. The zero-order valence-corrected chi connectivity index (χ0v) is 12.8. The van der Waals surface area contributed by atoms with Crippen LogP contribution in [0.2, 0.25) is 0 Å². The summed E-state index contributed by atoms with van der Waals surface area (Å²) < 4.78 is 0. The average Bonchev–Trinajstić information content (AvgIpc) is 2.70. The molecule has 3 unspecified atom stereocenters. The second kappa shape index (κ2) is 5.92. The van der Waals surface area contributed by atoms with Crippen LogP contribution in [0, 0.1) is 11.3 Å². The number of nitrogens with one attached hydrogen (secondary N) is 1. The van der Waals surface area contributed by atoms with Gasteiger partial charge in [-0.2, -0.15) is 0 Å². The van der Waals surface area contributed by atoms with Gasteiger partial charge in [0.25, 0.3) is 0 Å². The molecule has 18 heavy (non-hydrogen) atoms. The fourth-order valence-corrected chi connectivity index (χ4v) is 3.84. The molecule has 3 atom stereocenters. The van der Waals surface area contributed by atoms with Crippen LogP contribution in [0.4, 0.5) is 0 Å². The summed E-state index contributed by atoms with van der Waals surface area (Å²) in [5, 5.41) is 3.50. The van der Waals surface area contributed by atoms with E-state index in [9.17, 15) is 0 Å². The fourth-order valence-electron chi connectivity index (χ4n) is 3.84. The normalized spacial score (nSPS) is 34.8. The molecule has 0 amide bonds. The van der Waals surface area contributed by atoms with Crippen LogP contribution < -0.4 is 5.32 Å². The Bertz CT molecular complexity index is 250. The van der Waals surface area contributed by atoms with Crippen molar-refractivity contribution in [1.82, 2.24) is 10.2 Å². The molecule has 1 saturated heterocycles. The third kappa shape index (κ3) is 3.48. The van der Waals surface area contributed by atoms with Gasteiger partial charge in [0.05, 0.1) is 0 Å². The van der Waals surface area contributed by atoms with Crippen LogP contribution in [-0.2, 0) is 0 Å². The molecule has 1 saturated carbocycles. The van der Waals surface area contributed by atoms with Crippen LogP contribution in [0.5, 0.6) is 0 Å². The molecule has 0 aromatic rings.